The van der Waals surface area contributed by atoms with E-state index in [1.54, 1.807) is 0 Å². The Morgan fingerprint density at radius 1 is 1.43 bits per heavy atom. The molecule has 2 atom stereocenters. The van der Waals surface area contributed by atoms with E-state index >= 15 is 0 Å². The van der Waals surface area contributed by atoms with Crippen molar-refractivity contribution in [1.29, 1.82) is 0 Å². The topological polar surface area (TPSA) is 72.5 Å². The second-order valence-corrected chi connectivity index (χ2v) is 6.69. The van der Waals surface area contributed by atoms with Gasteiger partial charge in [0.05, 0.1) is 18.1 Å². The van der Waals surface area contributed by atoms with Crippen LogP contribution >= 0.6 is 0 Å². The van der Waals surface area contributed by atoms with Gasteiger partial charge in [0.1, 0.15) is 0 Å². The highest BCUT2D eigenvalue weighted by Gasteiger charge is 2.36. The van der Waals surface area contributed by atoms with Crippen LogP contribution in [0.15, 0.2) is 24.3 Å². The van der Waals surface area contributed by atoms with Gasteiger partial charge in [-0.3, -0.25) is 4.79 Å². The number of rotatable bonds is 5. The van der Waals surface area contributed by atoms with Gasteiger partial charge in [0, 0.05) is 6.61 Å². The molecule has 21 heavy (non-hydrogen) atoms. The van der Waals surface area contributed by atoms with E-state index in [0.717, 1.165) is 24.0 Å². The van der Waals surface area contributed by atoms with Crippen molar-refractivity contribution >= 4 is 5.97 Å². The van der Waals surface area contributed by atoms with Gasteiger partial charge in [0.25, 0.3) is 0 Å². The lowest BCUT2D eigenvalue weighted by atomic mass is 9.73. The molecule has 1 saturated heterocycles. The molecule has 1 heterocycles. The van der Waals surface area contributed by atoms with Gasteiger partial charge >= 0.3 is 5.97 Å². The molecule has 1 aromatic rings. The van der Waals surface area contributed by atoms with Crippen molar-refractivity contribution in [2.45, 2.75) is 45.1 Å². The second-order valence-electron chi connectivity index (χ2n) is 6.69. The third kappa shape index (κ3) is 3.11. The predicted molar refractivity (Wildman–Crippen MR) is 82.2 cm³/mol. The van der Waals surface area contributed by atoms with Crippen LogP contribution in [0.2, 0.25) is 0 Å². The molecule has 4 heteroatoms. The molecule has 4 nitrogen and oxygen atoms in total. The fourth-order valence-corrected chi connectivity index (χ4v) is 2.95. The quantitative estimate of drug-likeness (QED) is 0.875. The summed E-state index contributed by atoms with van der Waals surface area (Å²) in [6.07, 6.45) is 1.61. The van der Waals surface area contributed by atoms with E-state index in [2.05, 4.69) is 0 Å². The summed E-state index contributed by atoms with van der Waals surface area (Å²) >= 11 is 0. The summed E-state index contributed by atoms with van der Waals surface area (Å²) in [5.74, 6) is -1.29. The highest BCUT2D eigenvalue weighted by Crippen LogP contribution is 2.39. The molecule has 0 amide bonds. The fraction of sp³-hybridized carbons (Fsp3) is 0.588. The monoisotopic (exact) mass is 291 g/mol. The van der Waals surface area contributed by atoms with Crippen molar-refractivity contribution < 1.29 is 14.6 Å². The summed E-state index contributed by atoms with van der Waals surface area (Å²) in [5.41, 5.74) is 7.47. The van der Waals surface area contributed by atoms with Crippen molar-refractivity contribution in [2.24, 2.45) is 11.1 Å². The third-order valence-corrected chi connectivity index (χ3v) is 4.81. The first kappa shape index (κ1) is 16.0. The first-order chi connectivity index (χ1) is 9.80. The highest BCUT2D eigenvalue weighted by atomic mass is 16.5. The smallest absolute Gasteiger partial charge is 0.311 e. The standard InChI is InChI=1S/C17H25NO3/c1-4-16(2,3)14(15(19)20)12-5-7-13(8-6-12)17(18)9-10-21-11-17/h5-8,14H,4,9-11,18H2,1-3H3,(H,19,20). The molecule has 0 radical (unpaired) electrons. The average molecular weight is 291 g/mol. The number of nitrogens with two attached hydrogens (primary N) is 1. The van der Waals surface area contributed by atoms with Crippen molar-refractivity contribution in [3.63, 3.8) is 0 Å². The van der Waals surface area contributed by atoms with Gasteiger partial charge < -0.3 is 15.6 Å². The second kappa shape index (κ2) is 5.78. The van der Waals surface area contributed by atoms with E-state index in [-0.39, 0.29) is 5.41 Å². The first-order valence-electron chi connectivity index (χ1n) is 7.50. The fourth-order valence-electron chi connectivity index (χ4n) is 2.95. The Bertz CT molecular complexity index is 501. The van der Waals surface area contributed by atoms with E-state index in [9.17, 15) is 9.90 Å². The maximum atomic E-state index is 11.7. The van der Waals surface area contributed by atoms with Gasteiger partial charge in [0.2, 0.25) is 0 Å². The minimum Gasteiger partial charge on any atom is -0.481 e. The molecule has 0 bridgehead atoms. The van der Waals surface area contributed by atoms with Crippen LogP contribution in [0.4, 0.5) is 0 Å². The van der Waals surface area contributed by atoms with Gasteiger partial charge in [-0.25, -0.2) is 0 Å². The average Bonchev–Trinajstić information content (AvgIpc) is 2.87. The Hall–Kier alpha value is -1.39. The van der Waals surface area contributed by atoms with Crippen LogP contribution in [0.5, 0.6) is 0 Å². The Balaban J connectivity index is 2.30. The van der Waals surface area contributed by atoms with E-state index in [1.165, 1.54) is 0 Å². The lowest BCUT2D eigenvalue weighted by molar-refractivity contribution is -0.141. The van der Waals surface area contributed by atoms with Gasteiger partial charge in [-0.2, -0.15) is 0 Å². The summed E-state index contributed by atoms with van der Waals surface area (Å²) in [4.78, 5) is 11.7. The number of hydrogen-bond donors (Lipinski definition) is 2. The Morgan fingerprint density at radius 2 is 2.05 bits per heavy atom. The number of ether oxygens (including phenoxy) is 1. The molecule has 1 fully saturated rings. The van der Waals surface area contributed by atoms with E-state index in [1.807, 2.05) is 45.0 Å². The van der Waals surface area contributed by atoms with Crippen LogP contribution in [0.1, 0.15) is 50.7 Å². The van der Waals surface area contributed by atoms with Gasteiger partial charge in [-0.05, 0) is 29.4 Å². The summed E-state index contributed by atoms with van der Waals surface area (Å²) in [6.45, 7) is 7.22. The molecule has 0 spiro atoms. The van der Waals surface area contributed by atoms with E-state index in [0.29, 0.717) is 13.2 Å². The third-order valence-electron chi connectivity index (χ3n) is 4.81. The lowest BCUT2D eigenvalue weighted by Gasteiger charge is -2.31. The minimum atomic E-state index is -0.777. The zero-order valence-electron chi connectivity index (χ0n) is 13.1. The minimum absolute atomic E-state index is 0.287. The molecule has 2 rings (SSSR count). The molecule has 0 aromatic heterocycles. The maximum Gasteiger partial charge on any atom is 0.311 e. The van der Waals surface area contributed by atoms with Crippen molar-refractivity contribution in [3.8, 4) is 0 Å². The number of carboxylic acids is 1. The van der Waals surface area contributed by atoms with Crippen molar-refractivity contribution in [1.82, 2.24) is 0 Å². The van der Waals surface area contributed by atoms with Crippen molar-refractivity contribution in [2.75, 3.05) is 13.2 Å². The molecule has 3 N–H and O–H groups in total. The zero-order valence-corrected chi connectivity index (χ0v) is 13.1. The molecular formula is C17H25NO3. The van der Waals surface area contributed by atoms with Crippen LogP contribution in [0, 0.1) is 5.41 Å². The largest absolute Gasteiger partial charge is 0.481 e. The summed E-state index contributed by atoms with van der Waals surface area (Å²) in [7, 11) is 0. The molecular weight excluding hydrogens is 266 g/mol. The molecule has 0 saturated carbocycles. The molecule has 116 valence electrons. The number of aliphatic carboxylic acids is 1. The van der Waals surface area contributed by atoms with E-state index < -0.39 is 17.4 Å². The van der Waals surface area contributed by atoms with Gasteiger partial charge in [-0.15, -0.1) is 0 Å². The molecule has 1 aliphatic rings. The number of hydrogen-bond acceptors (Lipinski definition) is 3. The van der Waals surface area contributed by atoms with Gasteiger partial charge in [-0.1, -0.05) is 45.0 Å². The summed E-state index contributed by atoms with van der Waals surface area (Å²) in [6, 6.07) is 7.70. The predicted octanol–water partition coefficient (Wildman–Crippen LogP) is 2.87. The summed E-state index contributed by atoms with van der Waals surface area (Å²) < 4.78 is 5.38. The van der Waals surface area contributed by atoms with E-state index in [4.69, 9.17) is 10.5 Å². The first-order valence-corrected chi connectivity index (χ1v) is 7.50. The Labute approximate surface area is 126 Å². The molecule has 0 aliphatic carbocycles. The van der Waals surface area contributed by atoms with Crippen LogP contribution in [0.25, 0.3) is 0 Å². The van der Waals surface area contributed by atoms with Crippen LogP contribution in [-0.4, -0.2) is 24.3 Å². The SMILES string of the molecule is CCC(C)(C)C(C(=O)O)c1ccc(C2(N)CCOC2)cc1. The number of benzene rings is 1. The molecule has 1 aromatic carbocycles. The van der Waals surface area contributed by atoms with Crippen molar-refractivity contribution in [3.05, 3.63) is 35.4 Å². The Morgan fingerprint density at radius 3 is 2.48 bits per heavy atom. The zero-order chi connectivity index (χ0) is 15.7. The Kier molecular flexibility index (Phi) is 4.40. The van der Waals surface area contributed by atoms with Crippen LogP contribution in [0.3, 0.4) is 0 Å². The molecule has 1 aliphatic heterocycles. The normalized spacial score (nSPS) is 24.0. The van der Waals surface area contributed by atoms with Crippen LogP contribution in [-0.2, 0) is 15.1 Å². The summed E-state index contributed by atoms with van der Waals surface area (Å²) in [5, 5.41) is 9.58. The molecule has 2 unspecified atom stereocenters. The van der Waals surface area contributed by atoms with Crippen LogP contribution < -0.4 is 5.73 Å². The lowest BCUT2D eigenvalue weighted by Crippen LogP contribution is -2.37. The highest BCUT2D eigenvalue weighted by molar-refractivity contribution is 5.77. The number of carbonyl (C=O) groups is 1. The number of carboxylic acid groups (broad SMARTS) is 1. The maximum absolute atomic E-state index is 11.7. The van der Waals surface area contributed by atoms with Gasteiger partial charge in [0.15, 0.2) is 0 Å².